The molecule has 0 fully saturated rings. The minimum absolute atomic E-state index is 0.0806. The maximum absolute atomic E-state index is 11.9. The number of phenols is 1. The number of hydrogen-bond acceptors (Lipinski definition) is 5. The molecule has 1 N–H and O–H groups in total. The van der Waals surface area contributed by atoms with Gasteiger partial charge in [-0.3, -0.25) is 0 Å². The zero-order valence-corrected chi connectivity index (χ0v) is 12.3. The fourth-order valence-corrected chi connectivity index (χ4v) is 2.29. The Hall–Kier alpha value is -1.72. The van der Waals surface area contributed by atoms with Gasteiger partial charge in [-0.2, -0.15) is 0 Å². The number of carbonyl (C=O) groups excluding carboxylic acids is 1. The molecule has 0 radical (unpaired) electrons. The molecular formula is C14H16ClNO4. The first-order chi connectivity index (χ1) is 9.45. The van der Waals surface area contributed by atoms with Gasteiger partial charge in [-0.1, -0.05) is 11.6 Å². The van der Waals surface area contributed by atoms with Crippen molar-refractivity contribution in [1.29, 1.82) is 0 Å². The first kappa shape index (κ1) is 14.7. The number of furan rings is 1. The van der Waals surface area contributed by atoms with Crippen LogP contribution in [0.1, 0.15) is 22.8 Å². The lowest BCUT2D eigenvalue weighted by atomic mass is 10.1. The van der Waals surface area contributed by atoms with E-state index in [0.717, 1.165) is 5.56 Å². The third-order valence-corrected chi connectivity index (χ3v) is 3.20. The molecule has 0 spiro atoms. The van der Waals surface area contributed by atoms with Crippen LogP contribution in [0.3, 0.4) is 0 Å². The molecule has 1 heterocycles. The van der Waals surface area contributed by atoms with Crippen molar-refractivity contribution in [2.75, 3.05) is 20.7 Å². The second-order valence-electron chi connectivity index (χ2n) is 4.68. The molecule has 0 bridgehead atoms. The van der Waals surface area contributed by atoms with Gasteiger partial charge in [0.1, 0.15) is 23.2 Å². The zero-order chi connectivity index (χ0) is 14.9. The highest BCUT2D eigenvalue weighted by atomic mass is 35.5. The van der Waals surface area contributed by atoms with E-state index in [1.165, 1.54) is 6.26 Å². The predicted molar refractivity (Wildman–Crippen MR) is 76.2 cm³/mol. The van der Waals surface area contributed by atoms with E-state index in [2.05, 4.69) is 0 Å². The molecule has 0 saturated carbocycles. The molecule has 0 saturated heterocycles. The van der Waals surface area contributed by atoms with E-state index in [1.54, 1.807) is 13.0 Å². The molecule has 0 unspecified atom stereocenters. The third-order valence-electron chi connectivity index (χ3n) is 2.82. The first-order valence-corrected chi connectivity index (χ1v) is 6.56. The highest BCUT2D eigenvalue weighted by Gasteiger charge is 2.22. The van der Waals surface area contributed by atoms with Crippen molar-refractivity contribution < 1.29 is 19.1 Å². The summed E-state index contributed by atoms with van der Waals surface area (Å²) in [4.78, 5) is 13.8. The Morgan fingerprint density at radius 2 is 2.20 bits per heavy atom. The van der Waals surface area contributed by atoms with Crippen molar-refractivity contribution in [3.05, 3.63) is 28.5 Å². The normalized spacial score (nSPS) is 11.2. The van der Waals surface area contributed by atoms with Crippen molar-refractivity contribution >= 4 is 28.5 Å². The molecule has 0 aliphatic rings. The molecule has 6 heteroatoms. The van der Waals surface area contributed by atoms with E-state index in [4.69, 9.17) is 20.8 Å². The Bertz CT molecular complexity index is 648. The third kappa shape index (κ3) is 2.59. The largest absolute Gasteiger partial charge is 0.506 e. The molecule has 0 aliphatic carbocycles. The van der Waals surface area contributed by atoms with E-state index in [-0.39, 0.29) is 22.9 Å². The van der Waals surface area contributed by atoms with Crippen LogP contribution in [-0.4, -0.2) is 36.7 Å². The molecule has 2 rings (SSSR count). The van der Waals surface area contributed by atoms with Crippen molar-refractivity contribution in [2.24, 2.45) is 0 Å². The Morgan fingerprint density at radius 3 is 2.80 bits per heavy atom. The minimum Gasteiger partial charge on any atom is -0.506 e. The highest BCUT2D eigenvalue weighted by molar-refractivity contribution is 6.38. The average Bonchev–Trinajstić information content (AvgIpc) is 2.80. The summed E-state index contributed by atoms with van der Waals surface area (Å²) >= 11 is 6.09. The van der Waals surface area contributed by atoms with Gasteiger partial charge < -0.3 is 19.2 Å². The van der Waals surface area contributed by atoms with Crippen LogP contribution in [0.25, 0.3) is 11.0 Å². The number of carbonyl (C=O) groups is 1. The smallest absolute Gasteiger partial charge is 0.342 e. The Labute approximate surface area is 121 Å². The fourth-order valence-electron chi connectivity index (χ4n) is 2.05. The average molecular weight is 298 g/mol. The van der Waals surface area contributed by atoms with Crippen LogP contribution in [0.2, 0.25) is 5.02 Å². The predicted octanol–water partition coefficient (Wildman–Crippen LogP) is 3.03. The van der Waals surface area contributed by atoms with Crippen LogP contribution in [0.4, 0.5) is 0 Å². The van der Waals surface area contributed by atoms with Gasteiger partial charge in [-0.05, 0) is 27.1 Å². The van der Waals surface area contributed by atoms with Gasteiger partial charge in [0.25, 0.3) is 0 Å². The van der Waals surface area contributed by atoms with Gasteiger partial charge in [-0.25, -0.2) is 4.79 Å². The molecule has 0 atom stereocenters. The number of fused-ring (bicyclic) bond motifs is 1. The summed E-state index contributed by atoms with van der Waals surface area (Å²) in [5.74, 6) is -0.600. The molecule has 5 nitrogen and oxygen atoms in total. The van der Waals surface area contributed by atoms with Gasteiger partial charge in [0.2, 0.25) is 0 Å². The molecule has 0 aliphatic heterocycles. The van der Waals surface area contributed by atoms with Crippen molar-refractivity contribution in [2.45, 2.75) is 13.5 Å². The van der Waals surface area contributed by atoms with Crippen LogP contribution in [0.15, 0.2) is 16.7 Å². The van der Waals surface area contributed by atoms with E-state index < -0.39 is 5.97 Å². The van der Waals surface area contributed by atoms with Gasteiger partial charge in [-0.15, -0.1) is 0 Å². The number of ether oxygens (including phenoxy) is 1. The Morgan fingerprint density at radius 1 is 1.50 bits per heavy atom. The zero-order valence-electron chi connectivity index (χ0n) is 11.6. The van der Waals surface area contributed by atoms with Crippen LogP contribution < -0.4 is 0 Å². The summed E-state index contributed by atoms with van der Waals surface area (Å²) in [5.41, 5.74) is 1.47. The number of hydrogen-bond donors (Lipinski definition) is 1. The van der Waals surface area contributed by atoms with Gasteiger partial charge in [0, 0.05) is 12.1 Å². The van der Waals surface area contributed by atoms with E-state index in [0.29, 0.717) is 17.5 Å². The molecule has 0 amide bonds. The van der Waals surface area contributed by atoms with Crippen molar-refractivity contribution in [3.8, 4) is 5.75 Å². The summed E-state index contributed by atoms with van der Waals surface area (Å²) < 4.78 is 10.4. The lowest BCUT2D eigenvalue weighted by Gasteiger charge is -2.11. The Kier molecular flexibility index (Phi) is 4.20. The summed E-state index contributed by atoms with van der Waals surface area (Å²) in [6.07, 6.45) is 1.31. The molecule has 20 heavy (non-hydrogen) atoms. The van der Waals surface area contributed by atoms with Crippen molar-refractivity contribution in [3.63, 3.8) is 0 Å². The molecule has 1 aromatic carbocycles. The number of benzene rings is 1. The summed E-state index contributed by atoms with van der Waals surface area (Å²) in [7, 11) is 3.79. The van der Waals surface area contributed by atoms with Crippen LogP contribution in [-0.2, 0) is 11.3 Å². The van der Waals surface area contributed by atoms with E-state index >= 15 is 0 Å². The quantitative estimate of drug-likeness (QED) is 0.879. The topological polar surface area (TPSA) is 62.9 Å². The summed E-state index contributed by atoms with van der Waals surface area (Å²) in [6.45, 7) is 2.53. The maximum atomic E-state index is 11.9. The minimum atomic E-state index is -0.519. The van der Waals surface area contributed by atoms with Crippen molar-refractivity contribution in [1.82, 2.24) is 4.90 Å². The summed E-state index contributed by atoms with van der Waals surface area (Å²) in [6, 6.07) is 1.54. The number of aromatic hydroxyl groups is 1. The highest BCUT2D eigenvalue weighted by Crippen LogP contribution is 2.38. The molecule has 2 aromatic rings. The number of halogens is 1. The van der Waals surface area contributed by atoms with Gasteiger partial charge in [0.05, 0.1) is 17.0 Å². The Balaban J connectivity index is 2.64. The lowest BCUT2D eigenvalue weighted by molar-refractivity contribution is 0.0527. The standard InChI is InChI=1S/C14H16ClNO4/c1-4-19-14(18)9-7-20-13-8(6-16(2)3)5-10(17)12(15)11(9)13/h5,7,17H,4,6H2,1-3H3. The van der Waals surface area contributed by atoms with Crippen LogP contribution >= 0.6 is 11.6 Å². The fraction of sp³-hybridized carbons (Fsp3) is 0.357. The van der Waals surface area contributed by atoms with Gasteiger partial charge >= 0.3 is 5.97 Å². The van der Waals surface area contributed by atoms with Gasteiger partial charge in [0.15, 0.2) is 0 Å². The first-order valence-electron chi connectivity index (χ1n) is 6.19. The number of rotatable bonds is 4. The SMILES string of the molecule is CCOC(=O)c1coc2c(CN(C)C)cc(O)c(Cl)c12. The second kappa shape index (κ2) is 5.73. The van der Waals surface area contributed by atoms with E-state index in [1.807, 2.05) is 19.0 Å². The van der Waals surface area contributed by atoms with Crippen LogP contribution in [0.5, 0.6) is 5.75 Å². The van der Waals surface area contributed by atoms with Crippen LogP contribution in [0, 0.1) is 0 Å². The molecular weight excluding hydrogens is 282 g/mol. The monoisotopic (exact) mass is 297 g/mol. The lowest BCUT2D eigenvalue weighted by Crippen LogP contribution is -2.11. The summed E-state index contributed by atoms with van der Waals surface area (Å²) in [5, 5.41) is 10.4. The second-order valence-corrected chi connectivity index (χ2v) is 5.06. The molecule has 1 aromatic heterocycles. The van der Waals surface area contributed by atoms with E-state index in [9.17, 15) is 9.90 Å². The number of phenolic OH excluding ortho intramolecular Hbond substituents is 1. The number of esters is 1. The molecule has 108 valence electrons. The maximum Gasteiger partial charge on any atom is 0.342 e. The number of nitrogens with zero attached hydrogens (tertiary/aromatic N) is 1.